The van der Waals surface area contributed by atoms with Crippen molar-refractivity contribution in [3.63, 3.8) is 0 Å². The van der Waals surface area contributed by atoms with Gasteiger partial charge in [0.2, 0.25) is 0 Å². The van der Waals surface area contributed by atoms with E-state index in [9.17, 15) is 43.2 Å². The van der Waals surface area contributed by atoms with E-state index < -0.39 is 97.5 Å². The summed E-state index contributed by atoms with van der Waals surface area (Å²) in [6.07, 6.45) is 65.6. The molecule has 0 spiro atoms. The number of aliphatic hydroxyl groups is 1. The van der Waals surface area contributed by atoms with Crippen LogP contribution < -0.4 is 0 Å². The molecule has 0 saturated carbocycles. The summed E-state index contributed by atoms with van der Waals surface area (Å²) in [4.78, 5) is 73.0. The molecule has 0 aromatic rings. The van der Waals surface area contributed by atoms with E-state index >= 15 is 0 Å². The van der Waals surface area contributed by atoms with Crippen LogP contribution in [-0.2, 0) is 65.4 Å². The van der Waals surface area contributed by atoms with Gasteiger partial charge >= 0.3 is 39.5 Å². The molecule has 19 heteroatoms. The second-order valence-electron chi connectivity index (χ2n) is 30.8. The first-order valence-corrected chi connectivity index (χ1v) is 46.0. The molecule has 0 fully saturated rings. The third kappa shape index (κ3) is 76.3. The van der Waals surface area contributed by atoms with Crippen molar-refractivity contribution in [2.45, 2.75) is 458 Å². The Labute approximate surface area is 626 Å². The molecule has 0 radical (unpaired) electrons. The van der Waals surface area contributed by atoms with Gasteiger partial charge in [-0.25, -0.2) is 9.13 Å². The smallest absolute Gasteiger partial charge is 0.462 e. The Bertz CT molecular complexity index is 1960. The fourth-order valence-corrected chi connectivity index (χ4v) is 14.5. The minimum Gasteiger partial charge on any atom is -0.462 e. The minimum atomic E-state index is -4.96. The zero-order valence-corrected chi connectivity index (χ0v) is 68.7. The summed E-state index contributed by atoms with van der Waals surface area (Å²) in [5, 5.41) is 10.6. The van der Waals surface area contributed by atoms with Crippen LogP contribution in [0.25, 0.3) is 0 Å². The van der Waals surface area contributed by atoms with E-state index in [0.29, 0.717) is 31.6 Å². The molecule has 606 valence electrons. The van der Waals surface area contributed by atoms with Gasteiger partial charge in [-0.1, -0.05) is 388 Å². The number of rotatable bonds is 82. The number of carbonyl (C=O) groups excluding carboxylic acids is 4. The molecule has 0 rings (SSSR count). The van der Waals surface area contributed by atoms with Crippen LogP contribution in [0.5, 0.6) is 0 Å². The zero-order chi connectivity index (χ0) is 74.9. The second-order valence-corrected chi connectivity index (χ2v) is 33.7. The first kappa shape index (κ1) is 100. The van der Waals surface area contributed by atoms with Gasteiger partial charge in [-0.15, -0.1) is 0 Å². The summed E-state index contributed by atoms with van der Waals surface area (Å²) in [5.41, 5.74) is 0. The molecule has 0 aromatic carbocycles. The molecule has 0 bridgehead atoms. The highest BCUT2D eigenvalue weighted by atomic mass is 31.2. The predicted octanol–water partition coefficient (Wildman–Crippen LogP) is 25.1. The van der Waals surface area contributed by atoms with Gasteiger partial charge in [0.05, 0.1) is 26.4 Å². The first-order valence-electron chi connectivity index (χ1n) is 43.0. The zero-order valence-electron chi connectivity index (χ0n) is 66.9. The fourth-order valence-electron chi connectivity index (χ4n) is 12.9. The molecule has 0 amide bonds. The van der Waals surface area contributed by atoms with Crippen molar-refractivity contribution in [3.05, 3.63) is 0 Å². The third-order valence-corrected chi connectivity index (χ3v) is 21.4. The van der Waals surface area contributed by atoms with Gasteiger partial charge in [-0.05, 0) is 37.5 Å². The molecule has 0 saturated heterocycles. The lowest BCUT2D eigenvalue weighted by molar-refractivity contribution is -0.161. The average Bonchev–Trinajstić information content (AvgIpc) is 0.916. The molecule has 17 nitrogen and oxygen atoms in total. The number of aliphatic hydroxyl groups excluding tert-OH is 1. The van der Waals surface area contributed by atoms with Gasteiger partial charge in [-0.3, -0.25) is 37.3 Å². The van der Waals surface area contributed by atoms with E-state index in [0.717, 1.165) is 102 Å². The topological polar surface area (TPSA) is 237 Å². The minimum absolute atomic E-state index is 0.107. The van der Waals surface area contributed by atoms with Gasteiger partial charge in [0.25, 0.3) is 0 Å². The molecule has 2 unspecified atom stereocenters. The molecular formula is C83H162O17P2. The van der Waals surface area contributed by atoms with Crippen LogP contribution in [0, 0.1) is 11.8 Å². The third-order valence-electron chi connectivity index (χ3n) is 19.5. The van der Waals surface area contributed by atoms with Gasteiger partial charge in [0.1, 0.15) is 19.3 Å². The van der Waals surface area contributed by atoms with Crippen LogP contribution in [-0.4, -0.2) is 96.7 Å². The summed E-state index contributed by atoms with van der Waals surface area (Å²) in [6.45, 7) is 9.59. The maximum atomic E-state index is 13.1. The molecule has 102 heavy (non-hydrogen) atoms. The summed E-state index contributed by atoms with van der Waals surface area (Å²) in [7, 11) is -9.92. The van der Waals surface area contributed by atoms with Crippen molar-refractivity contribution in [1.29, 1.82) is 0 Å². The van der Waals surface area contributed by atoms with Gasteiger partial charge < -0.3 is 33.8 Å². The molecule has 0 aromatic heterocycles. The highest BCUT2D eigenvalue weighted by Gasteiger charge is 2.30. The molecule has 0 aliphatic heterocycles. The molecule has 5 atom stereocenters. The number of phosphoric acid groups is 2. The van der Waals surface area contributed by atoms with Gasteiger partial charge in [0, 0.05) is 25.7 Å². The molecule has 3 N–H and O–H groups in total. The van der Waals surface area contributed by atoms with Crippen LogP contribution in [0.2, 0.25) is 0 Å². The van der Waals surface area contributed by atoms with E-state index in [1.807, 2.05) is 0 Å². The number of phosphoric ester groups is 2. The number of carbonyl (C=O) groups is 4. The predicted molar refractivity (Wildman–Crippen MR) is 418 cm³/mol. The van der Waals surface area contributed by atoms with Crippen LogP contribution in [0.15, 0.2) is 0 Å². The molecular weight excluding hydrogens is 1330 g/mol. The van der Waals surface area contributed by atoms with E-state index in [-0.39, 0.29) is 25.7 Å². The Hall–Kier alpha value is -1.94. The van der Waals surface area contributed by atoms with E-state index in [1.54, 1.807) is 0 Å². The van der Waals surface area contributed by atoms with Gasteiger partial charge in [-0.2, -0.15) is 0 Å². The number of hydrogen-bond acceptors (Lipinski definition) is 15. The van der Waals surface area contributed by atoms with Crippen LogP contribution >= 0.6 is 15.6 Å². The summed E-state index contributed by atoms with van der Waals surface area (Å²) in [6, 6.07) is 0. The lowest BCUT2D eigenvalue weighted by Gasteiger charge is -2.21. The highest BCUT2D eigenvalue weighted by molar-refractivity contribution is 7.47. The average molecular weight is 1490 g/mol. The maximum Gasteiger partial charge on any atom is 0.472 e. The maximum absolute atomic E-state index is 13.1. The molecule has 0 heterocycles. The molecule has 0 aliphatic rings. The van der Waals surface area contributed by atoms with Crippen molar-refractivity contribution in [3.8, 4) is 0 Å². The van der Waals surface area contributed by atoms with Crippen molar-refractivity contribution in [2.75, 3.05) is 39.6 Å². The van der Waals surface area contributed by atoms with E-state index in [4.69, 9.17) is 37.0 Å². The van der Waals surface area contributed by atoms with Crippen molar-refractivity contribution in [2.24, 2.45) is 11.8 Å². The quantitative estimate of drug-likeness (QED) is 0.0222. The Morgan fingerprint density at radius 1 is 0.265 bits per heavy atom. The number of ether oxygens (including phenoxy) is 4. The van der Waals surface area contributed by atoms with Crippen molar-refractivity contribution < 1.29 is 80.2 Å². The van der Waals surface area contributed by atoms with Gasteiger partial charge in [0.15, 0.2) is 12.2 Å². The summed E-state index contributed by atoms with van der Waals surface area (Å²) >= 11 is 0. The number of hydrogen-bond donors (Lipinski definition) is 3. The van der Waals surface area contributed by atoms with Crippen LogP contribution in [0.4, 0.5) is 0 Å². The largest absolute Gasteiger partial charge is 0.472 e. The first-order chi connectivity index (χ1) is 49.4. The second kappa shape index (κ2) is 74.5. The standard InChI is InChI=1S/C83H162O17P2/c1-7-9-11-13-15-17-19-21-22-23-24-25-26-27-28-33-36-40-44-48-56-62-68-83(88)99-78(71-93-80(85)65-59-53-46-42-39-35-32-30-29-31-34-37-41-45-51-57-63-75(3)4)73-97-101(89,90)95-69-77(84)70-96-102(91,92)98-74-79(72-94-81(86)66-60-54-50-49-52-58-64-76(5)6)100-82(87)67-61-55-47-43-38-20-18-16-14-12-10-8-2/h75-79,84H,7-74H2,1-6H3,(H,89,90)(H,91,92)/t77-,78-,79-/m1/s1. The Balaban J connectivity index is 5.18. The van der Waals surface area contributed by atoms with E-state index in [2.05, 4.69) is 41.5 Å². The van der Waals surface area contributed by atoms with Crippen LogP contribution in [0.1, 0.15) is 440 Å². The highest BCUT2D eigenvalue weighted by Crippen LogP contribution is 2.45. The number of esters is 4. The Kier molecular flexibility index (Phi) is 73.1. The van der Waals surface area contributed by atoms with Crippen molar-refractivity contribution in [1.82, 2.24) is 0 Å². The SMILES string of the molecule is CCCCCCCCCCCCCCCCCCCCCCCCC(=O)O[C@H](COC(=O)CCCCCCCCCCCCCCCCCCC(C)C)COP(=O)(O)OC[C@@H](O)COP(=O)(O)OC[C@@H](COC(=O)CCCCCCCCC(C)C)OC(=O)CCCCCCCCCCCCCC. The number of unbranched alkanes of at least 4 members (excludes halogenated alkanes) is 52. The fraction of sp³-hybridized carbons (Fsp3) is 0.952. The Morgan fingerprint density at radius 3 is 0.667 bits per heavy atom. The van der Waals surface area contributed by atoms with Crippen molar-refractivity contribution >= 4 is 39.5 Å². The summed E-state index contributed by atoms with van der Waals surface area (Å²) < 4.78 is 68.7. The monoisotopic (exact) mass is 1490 g/mol. The summed E-state index contributed by atoms with van der Waals surface area (Å²) in [5.74, 6) is -0.617. The lowest BCUT2D eigenvalue weighted by atomic mass is 10.0. The normalized spacial score (nSPS) is 13.9. The Morgan fingerprint density at radius 2 is 0.451 bits per heavy atom. The lowest BCUT2D eigenvalue weighted by Crippen LogP contribution is -2.30. The van der Waals surface area contributed by atoms with Crippen LogP contribution in [0.3, 0.4) is 0 Å². The van der Waals surface area contributed by atoms with E-state index in [1.165, 1.54) is 250 Å². The molecule has 0 aliphatic carbocycles.